The Bertz CT molecular complexity index is 289. The van der Waals surface area contributed by atoms with E-state index in [-0.39, 0.29) is 0 Å². The summed E-state index contributed by atoms with van der Waals surface area (Å²) in [5, 5.41) is 0. The Morgan fingerprint density at radius 2 is 1.62 bits per heavy atom. The molecule has 16 heavy (non-hydrogen) atoms. The Morgan fingerprint density at radius 3 is 2.19 bits per heavy atom. The van der Waals surface area contributed by atoms with Crippen LogP contribution in [0.3, 0.4) is 0 Å². The fourth-order valence-electron chi connectivity index (χ4n) is 2.82. The Labute approximate surface area is 98.4 Å². The molecular weight excluding hydrogens is 196 g/mol. The summed E-state index contributed by atoms with van der Waals surface area (Å²) in [6, 6.07) is 11.5. The summed E-state index contributed by atoms with van der Waals surface area (Å²) >= 11 is 0. The molecule has 1 fully saturated rings. The van der Waals surface area contributed by atoms with Crippen molar-refractivity contribution in [3.63, 3.8) is 0 Å². The molecule has 0 unspecified atom stereocenters. The zero-order valence-electron chi connectivity index (χ0n) is 10.1. The molecule has 1 aromatic rings. The Balaban J connectivity index is 2.09. The molecule has 1 aliphatic rings. The standard InChI is InChI=1S/C14H22N2/c15-12-14(13-8-4-3-5-9-13)16-10-6-1-2-7-11-16/h3-5,8-9,14H,1-2,6-7,10-12,15H2/p+2/t14-/m0/s1. The Morgan fingerprint density at radius 1 is 1.00 bits per heavy atom. The molecule has 1 aliphatic heterocycles. The topological polar surface area (TPSA) is 32.1 Å². The molecule has 1 saturated heterocycles. The van der Waals surface area contributed by atoms with Crippen LogP contribution in [0.1, 0.15) is 37.3 Å². The molecule has 0 spiro atoms. The summed E-state index contributed by atoms with van der Waals surface area (Å²) in [7, 11) is 0. The van der Waals surface area contributed by atoms with Crippen molar-refractivity contribution in [1.29, 1.82) is 0 Å². The Kier molecular flexibility index (Phi) is 4.37. The third-order valence-corrected chi connectivity index (χ3v) is 3.73. The molecule has 0 saturated carbocycles. The summed E-state index contributed by atoms with van der Waals surface area (Å²) in [6.45, 7) is 3.67. The molecule has 0 amide bonds. The van der Waals surface area contributed by atoms with Gasteiger partial charge in [0.05, 0.1) is 13.1 Å². The number of hydrogen-bond donors (Lipinski definition) is 2. The highest BCUT2D eigenvalue weighted by Crippen LogP contribution is 2.09. The van der Waals surface area contributed by atoms with Gasteiger partial charge in [0.2, 0.25) is 0 Å². The number of nitrogens with one attached hydrogen (secondary N) is 1. The van der Waals surface area contributed by atoms with E-state index in [9.17, 15) is 0 Å². The first kappa shape index (κ1) is 11.6. The molecule has 2 rings (SSSR count). The molecule has 2 heteroatoms. The largest absolute Gasteiger partial charge is 0.352 e. The van der Waals surface area contributed by atoms with Gasteiger partial charge in [-0.05, 0) is 25.7 Å². The van der Waals surface area contributed by atoms with Crippen LogP contribution in [-0.4, -0.2) is 19.6 Å². The van der Waals surface area contributed by atoms with Crippen LogP contribution in [-0.2, 0) is 0 Å². The second-order valence-corrected chi connectivity index (χ2v) is 4.82. The second-order valence-electron chi connectivity index (χ2n) is 4.82. The maximum Gasteiger partial charge on any atom is 0.162 e. The van der Waals surface area contributed by atoms with Crippen molar-refractivity contribution in [2.45, 2.75) is 31.7 Å². The van der Waals surface area contributed by atoms with Crippen LogP contribution in [0.5, 0.6) is 0 Å². The van der Waals surface area contributed by atoms with Crippen LogP contribution >= 0.6 is 0 Å². The predicted octanol–water partition coefficient (Wildman–Crippen LogP) is 0.428. The Hall–Kier alpha value is -0.860. The molecule has 88 valence electrons. The number of benzene rings is 1. The first-order valence-corrected chi connectivity index (χ1v) is 6.60. The molecule has 0 aromatic heterocycles. The van der Waals surface area contributed by atoms with Crippen molar-refractivity contribution in [1.82, 2.24) is 0 Å². The zero-order valence-corrected chi connectivity index (χ0v) is 10.1. The number of rotatable bonds is 3. The van der Waals surface area contributed by atoms with E-state index < -0.39 is 0 Å². The van der Waals surface area contributed by atoms with E-state index in [0.717, 1.165) is 6.54 Å². The van der Waals surface area contributed by atoms with Crippen molar-refractivity contribution in [3.05, 3.63) is 35.9 Å². The molecule has 1 atom stereocenters. The van der Waals surface area contributed by atoms with Crippen molar-refractivity contribution in [2.75, 3.05) is 19.6 Å². The first-order valence-electron chi connectivity index (χ1n) is 6.60. The smallest absolute Gasteiger partial charge is 0.162 e. The average molecular weight is 220 g/mol. The van der Waals surface area contributed by atoms with E-state index in [2.05, 4.69) is 36.1 Å². The van der Waals surface area contributed by atoms with Crippen molar-refractivity contribution in [3.8, 4) is 0 Å². The van der Waals surface area contributed by atoms with Gasteiger partial charge >= 0.3 is 0 Å². The van der Waals surface area contributed by atoms with E-state index in [4.69, 9.17) is 0 Å². The molecule has 2 nitrogen and oxygen atoms in total. The number of hydrogen-bond acceptors (Lipinski definition) is 0. The predicted molar refractivity (Wildman–Crippen MR) is 66.1 cm³/mol. The lowest BCUT2D eigenvalue weighted by Gasteiger charge is -2.25. The molecule has 4 N–H and O–H groups in total. The third kappa shape index (κ3) is 2.83. The molecule has 1 aromatic carbocycles. The van der Waals surface area contributed by atoms with Crippen LogP contribution in [0.4, 0.5) is 0 Å². The van der Waals surface area contributed by atoms with Gasteiger partial charge < -0.3 is 10.6 Å². The number of likely N-dealkylation sites (tertiary alicyclic amines) is 1. The minimum atomic E-state index is 0.610. The summed E-state index contributed by atoms with van der Waals surface area (Å²) in [5.41, 5.74) is 5.61. The van der Waals surface area contributed by atoms with Gasteiger partial charge in [-0.25, -0.2) is 0 Å². The minimum Gasteiger partial charge on any atom is -0.352 e. The van der Waals surface area contributed by atoms with E-state index in [1.165, 1.54) is 44.3 Å². The zero-order chi connectivity index (χ0) is 11.2. The molecule has 0 radical (unpaired) electrons. The van der Waals surface area contributed by atoms with Crippen molar-refractivity contribution in [2.24, 2.45) is 0 Å². The summed E-state index contributed by atoms with van der Waals surface area (Å²) in [4.78, 5) is 1.75. The second kappa shape index (κ2) is 6.02. The van der Waals surface area contributed by atoms with Gasteiger partial charge in [-0.15, -0.1) is 0 Å². The molecule has 0 bridgehead atoms. The maximum absolute atomic E-state index is 4.15. The van der Waals surface area contributed by atoms with Crippen LogP contribution in [0, 0.1) is 0 Å². The van der Waals surface area contributed by atoms with Gasteiger partial charge in [0.15, 0.2) is 6.04 Å². The van der Waals surface area contributed by atoms with E-state index >= 15 is 0 Å². The summed E-state index contributed by atoms with van der Waals surface area (Å²) in [5.74, 6) is 0. The molecular formula is C14H24N2+2. The van der Waals surface area contributed by atoms with E-state index in [0.29, 0.717) is 6.04 Å². The lowest BCUT2D eigenvalue weighted by atomic mass is 10.1. The minimum absolute atomic E-state index is 0.610. The lowest BCUT2D eigenvalue weighted by Crippen LogP contribution is -3.13. The normalized spacial score (nSPS) is 20.3. The fraction of sp³-hybridized carbons (Fsp3) is 0.571. The van der Waals surface area contributed by atoms with Crippen LogP contribution in [0.15, 0.2) is 30.3 Å². The van der Waals surface area contributed by atoms with E-state index in [1.807, 2.05) is 0 Å². The van der Waals surface area contributed by atoms with Gasteiger partial charge in [-0.3, -0.25) is 0 Å². The van der Waals surface area contributed by atoms with Crippen molar-refractivity contribution >= 4 is 0 Å². The average Bonchev–Trinajstić information content (AvgIpc) is 2.61. The number of quaternary nitrogens is 2. The lowest BCUT2D eigenvalue weighted by molar-refractivity contribution is -0.937. The van der Waals surface area contributed by atoms with Gasteiger partial charge in [0, 0.05) is 5.56 Å². The van der Waals surface area contributed by atoms with Gasteiger partial charge in [0.1, 0.15) is 6.54 Å². The third-order valence-electron chi connectivity index (χ3n) is 3.73. The molecule has 0 aliphatic carbocycles. The van der Waals surface area contributed by atoms with Gasteiger partial charge in [0.25, 0.3) is 0 Å². The molecule has 1 heterocycles. The maximum atomic E-state index is 4.15. The fourth-order valence-corrected chi connectivity index (χ4v) is 2.82. The quantitative estimate of drug-likeness (QED) is 0.740. The highest BCUT2D eigenvalue weighted by molar-refractivity contribution is 5.17. The highest BCUT2D eigenvalue weighted by atomic mass is 15.2. The van der Waals surface area contributed by atoms with Crippen LogP contribution in [0.25, 0.3) is 0 Å². The summed E-state index contributed by atoms with van der Waals surface area (Å²) in [6.07, 6.45) is 5.61. The van der Waals surface area contributed by atoms with Crippen molar-refractivity contribution < 1.29 is 10.6 Å². The van der Waals surface area contributed by atoms with Crippen LogP contribution in [0.2, 0.25) is 0 Å². The first-order chi connectivity index (χ1) is 7.92. The van der Waals surface area contributed by atoms with E-state index in [1.54, 1.807) is 4.90 Å². The highest BCUT2D eigenvalue weighted by Gasteiger charge is 2.24. The monoisotopic (exact) mass is 220 g/mol. The SMILES string of the molecule is [NH3+]C[C@@H](c1ccccc1)[NH+]1CCCCCC1. The van der Waals surface area contributed by atoms with Gasteiger partial charge in [-0.2, -0.15) is 0 Å². The van der Waals surface area contributed by atoms with Crippen LogP contribution < -0.4 is 10.6 Å². The van der Waals surface area contributed by atoms with Gasteiger partial charge in [-0.1, -0.05) is 30.3 Å². The summed E-state index contributed by atoms with van der Waals surface area (Å²) < 4.78 is 0.